The summed E-state index contributed by atoms with van der Waals surface area (Å²) in [4.78, 5) is 33.4. The van der Waals surface area contributed by atoms with Crippen molar-refractivity contribution in [2.75, 3.05) is 6.54 Å². The molecule has 0 aromatic rings. The lowest BCUT2D eigenvalue weighted by Crippen LogP contribution is -2.42. The van der Waals surface area contributed by atoms with E-state index < -0.39 is 18.0 Å². The molecule has 6 heteroatoms. The molecule has 1 rings (SSSR count). The van der Waals surface area contributed by atoms with E-state index in [9.17, 15) is 14.4 Å². The Hall–Kier alpha value is -1.59. The van der Waals surface area contributed by atoms with Gasteiger partial charge in [-0.15, -0.1) is 0 Å². The molecule has 3 N–H and O–H groups in total. The van der Waals surface area contributed by atoms with Gasteiger partial charge in [0.2, 0.25) is 5.91 Å². The number of amides is 4. The summed E-state index contributed by atoms with van der Waals surface area (Å²) in [5.41, 5.74) is -0.0920. The Bertz CT molecular complexity index is 320. The quantitative estimate of drug-likeness (QED) is 0.581. The van der Waals surface area contributed by atoms with Crippen LogP contribution >= 0.6 is 0 Å². The highest BCUT2D eigenvalue weighted by molar-refractivity contribution is 6.04. The monoisotopic (exact) mass is 227 g/mol. The number of carbonyl (C=O) groups excluding carboxylic acids is 3. The van der Waals surface area contributed by atoms with Crippen LogP contribution < -0.4 is 16.0 Å². The molecule has 0 aromatic heterocycles. The van der Waals surface area contributed by atoms with E-state index in [0.29, 0.717) is 6.42 Å². The van der Waals surface area contributed by atoms with E-state index in [1.807, 2.05) is 20.8 Å². The van der Waals surface area contributed by atoms with E-state index in [4.69, 9.17) is 0 Å². The standard InChI is InChI=1S/C10H17N3O3/c1-10(2,3)4-7(14)11-5-6-8(15)13-9(16)12-6/h6H,4-5H2,1-3H3,(H,11,14)(H2,12,13,15,16). The summed E-state index contributed by atoms with van der Waals surface area (Å²) in [5.74, 6) is -0.525. The number of hydrogen-bond acceptors (Lipinski definition) is 3. The summed E-state index contributed by atoms with van der Waals surface area (Å²) in [6, 6.07) is -1.17. The summed E-state index contributed by atoms with van der Waals surface area (Å²) in [6.07, 6.45) is 0.384. The fraction of sp³-hybridized carbons (Fsp3) is 0.700. The maximum Gasteiger partial charge on any atom is 0.322 e. The molecule has 1 heterocycles. The van der Waals surface area contributed by atoms with E-state index in [2.05, 4.69) is 16.0 Å². The molecule has 1 aliphatic heterocycles. The largest absolute Gasteiger partial charge is 0.353 e. The number of urea groups is 1. The Morgan fingerprint density at radius 1 is 1.38 bits per heavy atom. The number of hydrogen-bond donors (Lipinski definition) is 3. The topological polar surface area (TPSA) is 87.3 Å². The minimum Gasteiger partial charge on any atom is -0.353 e. The highest BCUT2D eigenvalue weighted by atomic mass is 16.2. The van der Waals surface area contributed by atoms with Gasteiger partial charge in [-0.05, 0) is 5.41 Å². The second kappa shape index (κ2) is 4.51. The molecule has 1 fully saturated rings. The Labute approximate surface area is 94.2 Å². The Morgan fingerprint density at radius 3 is 2.44 bits per heavy atom. The smallest absolute Gasteiger partial charge is 0.322 e. The first-order valence-electron chi connectivity index (χ1n) is 5.16. The van der Waals surface area contributed by atoms with Gasteiger partial charge < -0.3 is 10.6 Å². The second-order valence-electron chi connectivity index (χ2n) is 5.06. The van der Waals surface area contributed by atoms with Crippen molar-refractivity contribution < 1.29 is 14.4 Å². The van der Waals surface area contributed by atoms with Crippen LogP contribution in [0.25, 0.3) is 0 Å². The molecule has 16 heavy (non-hydrogen) atoms. The number of carbonyl (C=O) groups is 3. The minimum atomic E-state index is -0.656. The van der Waals surface area contributed by atoms with E-state index in [-0.39, 0.29) is 17.9 Å². The summed E-state index contributed by atoms with van der Waals surface area (Å²) >= 11 is 0. The molecule has 1 aliphatic rings. The average molecular weight is 227 g/mol. The van der Waals surface area contributed by atoms with Crippen LogP contribution in [0.5, 0.6) is 0 Å². The Balaban J connectivity index is 2.32. The van der Waals surface area contributed by atoms with Gasteiger partial charge in [-0.25, -0.2) is 4.79 Å². The fourth-order valence-corrected chi connectivity index (χ4v) is 1.36. The first kappa shape index (κ1) is 12.5. The number of nitrogens with one attached hydrogen (secondary N) is 3. The maximum atomic E-state index is 11.4. The molecule has 0 radical (unpaired) electrons. The van der Waals surface area contributed by atoms with E-state index in [0.717, 1.165) is 0 Å². The van der Waals surface area contributed by atoms with Crippen LogP contribution in [0.3, 0.4) is 0 Å². The van der Waals surface area contributed by atoms with E-state index in [1.165, 1.54) is 0 Å². The van der Waals surface area contributed by atoms with Crippen molar-refractivity contribution in [3.63, 3.8) is 0 Å². The molecule has 4 amide bonds. The van der Waals surface area contributed by atoms with Crippen molar-refractivity contribution in [2.45, 2.75) is 33.2 Å². The van der Waals surface area contributed by atoms with E-state index >= 15 is 0 Å². The molecule has 0 spiro atoms. The zero-order chi connectivity index (χ0) is 12.3. The normalized spacial score (nSPS) is 20.3. The zero-order valence-corrected chi connectivity index (χ0v) is 9.72. The molecular formula is C10H17N3O3. The van der Waals surface area contributed by atoms with Crippen LogP contribution in [0.4, 0.5) is 4.79 Å². The molecule has 1 saturated heterocycles. The van der Waals surface area contributed by atoms with E-state index in [1.54, 1.807) is 0 Å². The molecule has 1 unspecified atom stereocenters. The maximum absolute atomic E-state index is 11.4. The van der Waals surface area contributed by atoms with Crippen molar-refractivity contribution in [2.24, 2.45) is 5.41 Å². The Morgan fingerprint density at radius 2 is 2.00 bits per heavy atom. The first-order chi connectivity index (χ1) is 7.28. The molecule has 0 aromatic carbocycles. The van der Waals surface area contributed by atoms with Gasteiger partial charge >= 0.3 is 6.03 Å². The van der Waals surface area contributed by atoms with Gasteiger partial charge in [-0.3, -0.25) is 14.9 Å². The van der Waals surface area contributed by atoms with Gasteiger partial charge in [0.25, 0.3) is 5.91 Å². The van der Waals surface area contributed by atoms with Gasteiger partial charge in [0.05, 0.1) is 0 Å². The summed E-state index contributed by atoms with van der Waals surface area (Å²) in [7, 11) is 0. The van der Waals surface area contributed by atoms with Gasteiger partial charge in [-0.2, -0.15) is 0 Å². The summed E-state index contributed by atoms with van der Waals surface area (Å²) in [6.45, 7) is 6.00. The molecule has 0 aliphatic carbocycles. The molecule has 0 bridgehead atoms. The van der Waals surface area contributed by atoms with Crippen molar-refractivity contribution in [3.8, 4) is 0 Å². The lowest BCUT2D eigenvalue weighted by Gasteiger charge is -2.17. The molecule has 90 valence electrons. The SMILES string of the molecule is CC(C)(C)CC(=O)NCC1NC(=O)NC1=O. The van der Waals surface area contributed by atoms with Crippen molar-refractivity contribution in [1.82, 2.24) is 16.0 Å². The molecule has 0 saturated carbocycles. The van der Waals surface area contributed by atoms with Crippen molar-refractivity contribution >= 4 is 17.8 Å². The third kappa shape index (κ3) is 3.88. The minimum absolute atomic E-state index is 0.0920. The molecule has 6 nitrogen and oxygen atoms in total. The highest BCUT2D eigenvalue weighted by Gasteiger charge is 2.29. The van der Waals surface area contributed by atoms with Crippen molar-refractivity contribution in [1.29, 1.82) is 0 Å². The molecular weight excluding hydrogens is 210 g/mol. The highest BCUT2D eigenvalue weighted by Crippen LogP contribution is 2.17. The predicted molar refractivity (Wildman–Crippen MR) is 57.5 cm³/mol. The molecule has 1 atom stereocenters. The number of rotatable bonds is 3. The lowest BCUT2D eigenvalue weighted by molar-refractivity contribution is -0.123. The van der Waals surface area contributed by atoms with Gasteiger partial charge in [0.15, 0.2) is 0 Å². The van der Waals surface area contributed by atoms with Crippen LogP contribution in [0.2, 0.25) is 0 Å². The fourth-order valence-electron chi connectivity index (χ4n) is 1.36. The van der Waals surface area contributed by atoms with Crippen LogP contribution in [0, 0.1) is 5.41 Å². The lowest BCUT2D eigenvalue weighted by atomic mass is 9.92. The van der Waals surface area contributed by atoms with Crippen molar-refractivity contribution in [3.05, 3.63) is 0 Å². The third-order valence-corrected chi connectivity index (χ3v) is 2.05. The van der Waals surface area contributed by atoms with Gasteiger partial charge in [0.1, 0.15) is 6.04 Å². The van der Waals surface area contributed by atoms with Crippen LogP contribution in [-0.4, -0.2) is 30.4 Å². The van der Waals surface area contributed by atoms with Gasteiger partial charge in [-0.1, -0.05) is 20.8 Å². The van der Waals surface area contributed by atoms with Gasteiger partial charge in [0, 0.05) is 13.0 Å². The zero-order valence-electron chi connectivity index (χ0n) is 9.72. The average Bonchev–Trinajstić information content (AvgIpc) is 2.38. The summed E-state index contributed by atoms with van der Waals surface area (Å²) < 4.78 is 0. The number of imide groups is 1. The third-order valence-electron chi connectivity index (χ3n) is 2.05. The summed E-state index contributed by atoms with van der Waals surface area (Å²) in [5, 5.41) is 7.12. The predicted octanol–water partition coefficient (Wildman–Crippen LogP) is -0.253. The first-order valence-corrected chi connectivity index (χ1v) is 5.16. The van der Waals surface area contributed by atoms with Crippen LogP contribution in [0.1, 0.15) is 27.2 Å². The van der Waals surface area contributed by atoms with Crippen LogP contribution in [-0.2, 0) is 9.59 Å². The Kier molecular flexibility index (Phi) is 3.51. The second-order valence-corrected chi connectivity index (χ2v) is 5.06. The van der Waals surface area contributed by atoms with Crippen LogP contribution in [0.15, 0.2) is 0 Å².